The molecule has 1 heterocycles. The third-order valence-electron chi connectivity index (χ3n) is 5.45. The Morgan fingerprint density at radius 3 is 2.37 bits per heavy atom. The molecule has 0 fully saturated rings. The molecule has 1 aliphatic rings. The van der Waals surface area contributed by atoms with Gasteiger partial charge in [-0.15, -0.1) is 0 Å². The summed E-state index contributed by atoms with van der Waals surface area (Å²) in [5.74, 6) is -0.744. The van der Waals surface area contributed by atoms with Crippen LogP contribution in [0.3, 0.4) is 0 Å². The minimum absolute atomic E-state index is 0.0282. The lowest BCUT2D eigenvalue weighted by atomic mass is 10.1. The number of amides is 3. The van der Waals surface area contributed by atoms with E-state index in [1.54, 1.807) is 80.8 Å². The van der Waals surface area contributed by atoms with Crippen LogP contribution in [0.2, 0.25) is 5.02 Å². The van der Waals surface area contributed by atoms with Crippen molar-refractivity contribution in [3.05, 3.63) is 93.6 Å². The van der Waals surface area contributed by atoms with Gasteiger partial charge in [-0.2, -0.15) is 0 Å². The fourth-order valence-corrected chi connectivity index (χ4v) is 3.99. The first-order valence-corrected chi connectivity index (χ1v) is 11.4. The van der Waals surface area contributed by atoms with Crippen molar-refractivity contribution in [2.24, 2.45) is 0 Å². The van der Waals surface area contributed by atoms with Gasteiger partial charge in [0, 0.05) is 22.5 Å². The van der Waals surface area contributed by atoms with Gasteiger partial charge in [0.25, 0.3) is 11.8 Å². The molecule has 178 valence electrons. The van der Waals surface area contributed by atoms with Crippen LogP contribution < -0.4 is 20.3 Å². The summed E-state index contributed by atoms with van der Waals surface area (Å²) in [5.41, 5.74) is 2.89. The Kier molecular flexibility index (Phi) is 7.10. The number of anilines is 3. The number of carbonyl (C=O) groups excluding carboxylic acids is 3. The second-order valence-electron chi connectivity index (χ2n) is 7.80. The van der Waals surface area contributed by atoms with Crippen LogP contribution in [0.4, 0.5) is 17.1 Å². The van der Waals surface area contributed by atoms with E-state index in [1.807, 2.05) is 0 Å². The van der Waals surface area contributed by atoms with Crippen molar-refractivity contribution in [2.75, 3.05) is 22.6 Å². The number of nitrogens with zero attached hydrogens (tertiary/aromatic N) is 1. The Balaban J connectivity index is 1.43. The molecule has 0 saturated heterocycles. The molecule has 3 aromatic carbocycles. The average molecular weight is 510 g/mol. The predicted octanol–water partition coefficient (Wildman–Crippen LogP) is 5.27. The number of hydrogen-bond donors (Lipinski definition) is 2. The largest absolute Gasteiger partial charge is 0.497 e. The predicted molar refractivity (Wildman–Crippen MR) is 137 cm³/mol. The number of benzene rings is 3. The number of carbonyl (C=O) groups is 3. The summed E-state index contributed by atoms with van der Waals surface area (Å²) in [6.45, 7) is 1.72. The van der Waals surface area contributed by atoms with E-state index in [0.29, 0.717) is 33.4 Å². The molecule has 1 aliphatic heterocycles. The Bertz CT molecular complexity index is 1350. The van der Waals surface area contributed by atoms with Crippen LogP contribution in [0, 0.1) is 6.92 Å². The molecule has 35 heavy (non-hydrogen) atoms. The molecule has 9 heteroatoms. The number of imide groups is 1. The number of rotatable bonds is 7. The summed E-state index contributed by atoms with van der Waals surface area (Å²) in [6, 6.07) is 19.0. The minimum Gasteiger partial charge on any atom is -0.497 e. The standard InChI is InChI=1S/C26H21Cl2N3O4/c1-15-20(27)7-4-8-21(15)31-25(33)23(28)24(26(31)34)30-17-11-9-16(10-12-17)13-22(32)29-18-5-3-6-19(14-18)35-2/h3-12,14,30H,13H2,1-2H3,(H,29,32). The van der Waals surface area contributed by atoms with Gasteiger partial charge >= 0.3 is 0 Å². The van der Waals surface area contributed by atoms with Gasteiger partial charge in [0.15, 0.2) is 0 Å². The van der Waals surface area contributed by atoms with E-state index in [1.165, 1.54) is 0 Å². The lowest BCUT2D eigenvalue weighted by Crippen LogP contribution is -2.32. The minimum atomic E-state index is -0.629. The molecule has 0 saturated carbocycles. The number of ether oxygens (including phenoxy) is 1. The Morgan fingerprint density at radius 1 is 0.943 bits per heavy atom. The lowest BCUT2D eigenvalue weighted by Gasteiger charge is -2.18. The average Bonchev–Trinajstić information content (AvgIpc) is 3.05. The number of halogens is 2. The summed E-state index contributed by atoms with van der Waals surface area (Å²) >= 11 is 12.4. The van der Waals surface area contributed by atoms with Gasteiger partial charge in [-0.1, -0.05) is 47.5 Å². The maximum Gasteiger partial charge on any atom is 0.283 e. The molecule has 0 aliphatic carbocycles. The van der Waals surface area contributed by atoms with Crippen molar-refractivity contribution in [3.63, 3.8) is 0 Å². The summed E-state index contributed by atoms with van der Waals surface area (Å²) in [6.07, 6.45) is 0.153. The summed E-state index contributed by atoms with van der Waals surface area (Å²) in [7, 11) is 1.56. The van der Waals surface area contributed by atoms with Crippen molar-refractivity contribution in [1.29, 1.82) is 0 Å². The van der Waals surface area contributed by atoms with Gasteiger partial charge in [0.2, 0.25) is 5.91 Å². The first kappa shape index (κ1) is 24.3. The quantitative estimate of drug-likeness (QED) is 0.423. The zero-order valence-electron chi connectivity index (χ0n) is 18.9. The highest BCUT2D eigenvalue weighted by Gasteiger charge is 2.39. The Hall–Kier alpha value is -3.81. The molecule has 0 aromatic heterocycles. The van der Waals surface area contributed by atoms with Gasteiger partial charge in [-0.3, -0.25) is 14.4 Å². The summed E-state index contributed by atoms with van der Waals surface area (Å²) < 4.78 is 5.16. The van der Waals surface area contributed by atoms with Crippen LogP contribution in [-0.4, -0.2) is 24.8 Å². The van der Waals surface area contributed by atoms with Crippen molar-refractivity contribution in [3.8, 4) is 5.75 Å². The SMILES string of the molecule is COc1cccc(NC(=O)Cc2ccc(NC3=C(Cl)C(=O)N(c4cccc(Cl)c4C)C3=O)cc2)c1. The Labute approximate surface area is 212 Å². The van der Waals surface area contributed by atoms with E-state index >= 15 is 0 Å². The normalized spacial score (nSPS) is 13.3. The number of hydrogen-bond acceptors (Lipinski definition) is 5. The van der Waals surface area contributed by atoms with E-state index < -0.39 is 11.8 Å². The van der Waals surface area contributed by atoms with Crippen LogP contribution in [-0.2, 0) is 20.8 Å². The lowest BCUT2D eigenvalue weighted by molar-refractivity contribution is -0.120. The smallest absolute Gasteiger partial charge is 0.283 e. The van der Waals surface area contributed by atoms with Gasteiger partial charge in [-0.05, 0) is 54.4 Å². The molecule has 3 aromatic rings. The monoisotopic (exact) mass is 509 g/mol. The van der Waals surface area contributed by atoms with Crippen molar-refractivity contribution < 1.29 is 19.1 Å². The van der Waals surface area contributed by atoms with E-state index in [2.05, 4.69) is 10.6 Å². The van der Waals surface area contributed by atoms with Crippen molar-refractivity contribution >= 4 is 58.0 Å². The second-order valence-corrected chi connectivity index (χ2v) is 8.58. The van der Waals surface area contributed by atoms with E-state index in [9.17, 15) is 14.4 Å². The number of nitrogens with one attached hydrogen (secondary N) is 2. The molecule has 3 amide bonds. The highest BCUT2D eigenvalue weighted by Crippen LogP contribution is 2.34. The molecule has 0 bridgehead atoms. The molecule has 7 nitrogen and oxygen atoms in total. The van der Waals surface area contributed by atoms with Crippen LogP contribution >= 0.6 is 23.2 Å². The first-order chi connectivity index (χ1) is 16.8. The third-order valence-corrected chi connectivity index (χ3v) is 6.21. The van der Waals surface area contributed by atoms with E-state index in [0.717, 1.165) is 10.5 Å². The molecule has 0 atom stereocenters. The van der Waals surface area contributed by atoms with Crippen LogP contribution in [0.1, 0.15) is 11.1 Å². The molecule has 2 N–H and O–H groups in total. The highest BCUT2D eigenvalue weighted by molar-refractivity contribution is 6.53. The van der Waals surface area contributed by atoms with Crippen LogP contribution in [0.5, 0.6) is 5.75 Å². The molecule has 0 radical (unpaired) electrons. The summed E-state index contributed by atoms with van der Waals surface area (Å²) in [5, 5.41) is 5.98. The first-order valence-electron chi connectivity index (χ1n) is 10.6. The third kappa shape index (κ3) is 5.16. The van der Waals surface area contributed by atoms with Crippen LogP contribution in [0.15, 0.2) is 77.5 Å². The fourth-order valence-electron chi connectivity index (χ4n) is 3.61. The molecule has 4 rings (SSSR count). The molecule has 0 unspecified atom stereocenters. The van der Waals surface area contributed by atoms with E-state index in [4.69, 9.17) is 27.9 Å². The van der Waals surface area contributed by atoms with Gasteiger partial charge < -0.3 is 15.4 Å². The van der Waals surface area contributed by atoms with Crippen LogP contribution in [0.25, 0.3) is 0 Å². The highest BCUT2D eigenvalue weighted by atomic mass is 35.5. The number of methoxy groups -OCH3 is 1. The summed E-state index contributed by atoms with van der Waals surface area (Å²) in [4.78, 5) is 39.2. The van der Waals surface area contributed by atoms with Crippen molar-refractivity contribution in [1.82, 2.24) is 0 Å². The van der Waals surface area contributed by atoms with Gasteiger partial charge in [0.1, 0.15) is 16.5 Å². The Morgan fingerprint density at radius 2 is 1.66 bits per heavy atom. The van der Waals surface area contributed by atoms with Crippen molar-refractivity contribution in [2.45, 2.75) is 13.3 Å². The van der Waals surface area contributed by atoms with Gasteiger partial charge in [0.05, 0.1) is 19.2 Å². The molecular weight excluding hydrogens is 489 g/mol. The maximum absolute atomic E-state index is 13.0. The zero-order valence-corrected chi connectivity index (χ0v) is 20.4. The topological polar surface area (TPSA) is 87.7 Å². The van der Waals surface area contributed by atoms with Gasteiger partial charge in [-0.25, -0.2) is 4.90 Å². The zero-order chi connectivity index (χ0) is 25.1. The maximum atomic E-state index is 13.0. The fraction of sp³-hybridized carbons (Fsp3) is 0.115. The molecule has 0 spiro atoms. The second kappa shape index (κ2) is 10.2. The molecular formula is C26H21Cl2N3O4. The van der Waals surface area contributed by atoms with E-state index in [-0.39, 0.29) is 23.1 Å².